The molecule has 2 rings (SSSR count). The Morgan fingerprint density at radius 1 is 0.781 bits per heavy atom. The van der Waals surface area contributed by atoms with Crippen LogP contribution in [0.5, 0.6) is 0 Å². The summed E-state index contributed by atoms with van der Waals surface area (Å²) in [4.78, 5) is 24.4. The van der Waals surface area contributed by atoms with Gasteiger partial charge in [0.05, 0.1) is 0 Å². The van der Waals surface area contributed by atoms with E-state index in [-0.39, 0.29) is 18.2 Å². The minimum Gasteiger partial charge on any atom is -0.444 e. The number of hydrogen-bond donors (Lipinski definition) is 3. The topological polar surface area (TPSA) is 88.7 Å². The van der Waals surface area contributed by atoms with Gasteiger partial charge in [0.25, 0.3) is 0 Å². The average molecular weight is 454 g/mol. The summed E-state index contributed by atoms with van der Waals surface area (Å²) < 4.78 is 10.9. The molecule has 2 amide bonds. The number of rotatable bonds is 7. The van der Waals surface area contributed by atoms with Gasteiger partial charge in [-0.2, -0.15) is 0 Å². The Hall–Kier alpha value is -1.50. The summed E-state index contributed by atoms with van der Waals surface area (Å²) in [5, 5.41) is 9.88. The van der Waals surface area contributed by atoms with Gasteiger partial charge in [-0.05, 0) is 79.1 Å². The van der Waals surface area contributed by atoms with Crippen molar-refractivity contribution in [3.05, 3.63) is 0 Å². The molecule has 0 saturated heterocycles. The van der Waals surface area contributed by atoms with Gasteiger partial charge in [0.1, 0.15) is 11.2 Å². The van der Waals surface area contributed by atoms with Gasteiger partial charge in [0, 0.05) is 25.2 Å². The van der Waals surface area contributed by atoms with E-state index < -0.39 is 11.2 Å². The maximum Gasteiger partial charge on any atom is 0.407 e. The molecule has 0 aromatic heterocycles. The first-order valence-electron chi connectivity index (χ1n) is 12.6. The number of hydrogen-bond acceptors (Lipinski definition) is 5. The fraction of sp³-hybridized carbons (Fsp3) is 0.920. The maximum absolute atomic E-state index is 12.3. The molecule has 0 spiro atoms. The molecule has 32 heavy (non-hydrogen) atoms. The van der Waals surface area contributed by atoms with E-state index in [1.54, 1.807) is 0 Å². The molecular formula is C25H47N3O4. The Balaban J connectivity index is 1.96. The van der Waals surface area contributed by atoms with Crippen molar-refractivity contribution >= 4 is 12.2 Å². The lowest BCUT2D eigenvalue weighted by Gasteiger charge is -2.39. The Labute approximate surface area is 195 Å². The first-order valence-corrected chi connectivity index (χ1v) is 12.6. The largest absolute Gasteiger partial charge is 0.444 e. The molecule has 0 bridgehead atoms. The van der Waals surface area contributed by atoms with Crippen LogP contribution in [0.25, 0.3) is 0 Å². The number of carbonyl (C=O) groups is 2. The fourth-order valence-electron chi connectivity index (χ4n) is 4.88. The van der Waals surface area contributed by atoms with Crippen LogP contribution >= 0.6 is 0 Å². The van der Waals surface area contributed by atoms with E-state index in [2.05, 4.69) is 16.0 Å². The highest BCUT2D eigenvalue weighted by atomic mass is 16.6. The van der Waals surface area contributed by atoms with E-state index in [9.17, 15) is 9.59 Å². The number of nitrogens with one attached hydrogen (secondary N) is 3. The molecule has 186 valence electrons. The molecule has 7 nitrogen and oxygen atoms in total. The molecule has 7 heteroatoms. The molecular weight excluding hydrogens is 406 g/mol. The third-order valence-corrected chi connectivity index (χ3v) is 6.33. The van der Waals surface area contributed by atoms with Crippen LogP contribution < -0.4 is 16.0 Å². The smallest absolute Gasteiger partial charge is 0.407 e. The predicted molar refractivity (Wildman–Crippen MR) is 128 cm³/mol. The summed E-state index contributed by atoms with van der Waals surface area (Å²) in [5.74, 6) is 0.920. The van der Waals surface area contributed by atoms with Crippen LogP contribution in [0.2, 0.25) is 0 Å². The van der Waals surface area contributed by atoms with Crippen molar-refractivity contribution in [3.63, 3.8) is 0 Å². The molecule has 3 N–H and O–H groups in total. The summed E-state index contributed by atoms with van der Waals surface area (Å²) in [6.45, 7) is 12.5. The third kappa shape index (κ3) is 10.4. The van der Waals surface area contributed by atoms with Gasteiger partial charge in [-0.25, -0.2) is 9.59 Å². The first-order chi connectivity index (χ1) is 14.9. The second-order valence-corrected chi connectivity index (χ2v) is 11.6. The molecule has 0 aliphatic heterocycles. The lowest BCUT2D eigenvalue weighted by Crippen LogP contribution is -2.54. The van der Waals surface area contributed by atoms with E-state index in [0.717, 1.165) is 12.8 Å². The maximum atomic E-state index is 12.3. The van der Waals surface area contributed by atoms with Crippen LogP contribution in [-0.4, -0.2) is 48.6 Å². The second kappa shape index (κ2) is 12.1. The highest BCUT2D eigenvalue weighted by Crippen LogP contribution is 2.30. The van der Waals surface area contributed by atoms with Crippen LogP contribution in [0, 0.1) is 11.8 Å². The summed E-state index contributed by atoms with van der Waals surface area (Å²) in [7, 11) is 0. The van der Waals surface area contributed by atoms with Gasteiger partial charge in [-0.15, -0.1) is 0 Å². The fourth-order valence-corrected chi connectivity index (χ4v) is 4.88. The van der Waals surface area contributed by atoms with E-state index in [0.29, 0.717) is 31.0 Å². The average Bonchev–Trinajstić information content (AvgIpc) is 2.68. The highest BCUT2D eigenvalue weighted by Gasteiger charge is 2.32. The number of ether oxygens (including phenoxy) is 2. The Morgan fingerprint density at radius 3 is 1.91 bits per heavy atom. The monoisotopic (exact) mass is 453 g/mol. The van der Waals surface area contributed by atoms with Gasteiger partial charge in [-0.1, -0.05) is 32.1 Å². The van der Waals surface area contributed by atoms with Crippen molar-refractivity contribution in [1.82, 2.24) is 16.0 Å². The van der Waals surface area contributed by atoms with Crippen LogP contribution in [0.1, 0.15) is 99.3 Å². The zero-order valence-corrected chi connectivity index (χ0v) is 21.2. The van der Waals surface area contributed by atoms with Crippen molar-refractivity contribution in [3.8, 4) is 0 Å². The van der Waals surface area contributed by atoms with Crippen molar-refractivity contribution in [2.45, 2.75) is 123 Å². The van der Waals surface area contributed by atoms with E-state index >= 15 is 0 Å². The highest BCUT2D eigenvalue weighted by molar-refractivity contribution is 5.68. The molecule has 3 unspecified atom stereocenters. The van der Waals surface area contributed by atoms with Crippen molar-refractivity contribution in [2.75, 3.05) is 13.1 Å². The SMILES string of the molecule is CC(C)(C)OC(=O)NCC1CCCCC1NC(CNC(=O)OC(C)(C)C)C1CCCCC1. The number of alkyl carbamates (subject to hydrolysis) is 2. The normalized spacial score (nSPS) is 23.8. The number of carbonyl (C=O) groups excluding carboxylic acids is 2. The van der Waals surface area contributed by atoms with Crippen LogP contribution in [-0.2, 0) is 9.47 Å². The van der Waals surface area contributed by atoms with E-state index in [4.69, 9.17) is 9.47 Å². The van der Waals surface area contributed by atoms with Gasteiger partial charge in [-0.3, -0.25) is 0 Å². The summed E-state index contributed by atoms with van der Waals surface area (Å²) >= 11 is 0. The van der Waals surface area contributed by atoms with Crippen LogP contribution in [0.3, 0.4) is 0 Å². The summed E-state index contributed by atoms with van der Waals surface area (Å²) in [5.41, 5.74) is -0.993. The molecule has 2 fully saturated rings. The number of amides is 2. The molecule has 0 heterocycles. The van der Waals surface area contributed by atoms with Crippen molar-refractivity contribution in [1.29, 1.82) is 0 Å². The Bertz CT molecular complexity index is 591. The predicted octanol–water partition coefficient (Wildman–Crippen LogP) is 5.13. The minimum atomic E-state index is -0.500. The zero-order valence-electron chi connectivity index (χ0n) is 21.2. The Kier molecular flexibility index (Phi) is 10.1. The molecule has 0 aromatic rings. The summed E-state index contributed by atoms with van der Waals surface area (Å²) in [6, 6.07) is 0.543. The van der Waals surface area contributed by atoms with Crippen LogP contribution in [0.15, 0.2) is 0 Å². The van der Waals surface area contributed by atoms with Crippen LogP contribution in [0.4, 0.5) is 9.59 Å². The first kappa shape index (κ1) is 26.7. The molecule has 2 saturated carbocycles. The molecule has 2 aliphatic rings. The van der Waals surface area contributed by atoms with E-state index in [1.165, 1.54) is 44.9 Å². The summed E-state index contributed by atoms with van der Waals surface area (Å²) in [6.07, 6.45) is 10.1. The standard InChI is InChI=1S/C25H47N3O4/c1-24(2,3)31-22(29)26-16-19-14-10-11-15-20(19)28-21(18-12-8-7-9-13-18)17-27-23(30)32-25(4,5)6/h18-21,28H,7-17H2,1-6H3,(H,26,29)(H,27,30). The van der Waals surface area contributed by atoms with Gasteiger partial charge < -0.3 is 25.4 Å². The van der Waals surface area contributed by atoms with Crippen molar-refractivity contribution < 1.29 is 19.1 Å². The van der Waals surface area contributed by atoms with Gasteiger partial charge in [0.2, 0.25) is 0 Å². The van der Waals surface area contributed by atoms with Crippen molar-refractivity contribution in [2.24, 2.45) is 11.8 Å². The van der Waals surface area contributed by atoms with Gasteiger partial charge in [0.15, 0.2) is 0 Å². The molecule has 0 aromatic carbocycles. The lowest BCUT2D eigenvalue weighted by molar-refractivity contribution is 0.0488. The molecule has 3 atom stereocenters. The van der Waals surface area contributed by atoms with Gasteiger partial charge >= 0.3 is 12.2 Å². The third-order valence-electron chi connectivity index (χ3n) is 6.33. The second-order valence-electron chi connectivity index (χ2n) is 11.6. The molecule has 0 radical (unpaired) electrons. The minimum absolute atomic E-state index is 0.218. The zero-order chi connectivity index (χ0) is 23.8. The lowest BCUT2D eigenvalue weighted by atomic mass is 9.80. The molecule has 2 aliphatic carbocycles. The quantitative estimate of drug-likeness (QED) is 0.497. The van der Waals surface area contributed by atoms with E-state index in [1.807, 2.05) is 41.5 Å². The Morgan fingerprint density at radius 2 is 1.31 bits per heavy atom.